The van der Waals surface area contributed by atoms with Gasteiger partial charge >= 0.3 is 0 Å². The lowest BCUT2D eigenvalue weighted by atomic mass is 9.87. The average Bonchev–Trinajstić information content (AvgIpc) is 3.15. The van der Waals surface area contributed by atoms with Crippen molar-refractivity contribution in [2.24, 2.45) is 11.3 Å². The van der Waals surface area contributed by atoms with E-state index in [1.54, 1.807) is 0 Å². The van der Waals surface area contributed by atoms with Gasteiger partial charge in [-0.1, -0.05) is 46.2 Å². The minimum atomic E-state index is -1.17. The van der Waals surface area contributed by atoms with Crippen LogP contribution in [0.25, 0.3) is 22.7 Å². The summed E-state index contributed by atoms with van der Waals surface area (Å²) in [6.45, 7) is 19.2. The van der Waals surface area contributed by atoms with E-state index in [9.17, 15) is 0 Å². The van der Waals surface area contributed by atoms with E-state index in [-0.39, 0.29) is 0 Å². The minimum Gasteiger partial charge on any atom is -0.361 e. The van der Waals surface area contributed by atoms with Gasteiger partial charge in [0.05, 0.1) is 0 Å². The van der Waals surface area contributed by atoms with Crippen LogP contribution in [0.15, 0.2) is 16.7 Å². The third-order valence-electron chi connectivity index (χ3n) is 7.92. The van der Waals surface area contributed by atoms with Crippen LogP contribution in [-0.2, 0) is 35.8 Å². The maximum Gasteiger partial charge on any atom is 0.165 e. The number of nitrogens with zero attached hydrogens (tertiary/aromatic N) is 5. The van der Waals surface area contributed by atoms with E-state index in [0.29, 0.717) is 18.9 Å². The summed E-state index contributed by atoms with van der Waals surface area (Å²) in [4.78, 5) is 9.78. The normalized spacial score (nSPS) is 21.4. The van der Waals surface area contributed by atoms with Crippen LogP contribution in [0.4, 0.5) is 0 Å². The Labute approximate surface area is 231 Å². The molecule has 0 N–H and O–H groups in total. The Morgan fingerprint density at radius 1 is 1.05 bits per heavy atom. The van der Waals surface area contributed by atoms with E-state index >= 15 is 0 Å². The van der Waals surface area contributed by atoms with Crippen LogP contribution in [0.2, 0.25) is 51.4 Å². The zero-order chi connectivity index (χ0) is 26.6. The van der Waals surface area contributed by atoms with Crippen molar-refractivity contribution in [1.29, 1.82) is 0 Å². The summed E-state index contributed by atoms with van der Waals surface area (Å²) in [5.41, 5.74) is 5.75. The lowest BCUT2D eigenvalue weighted by molar-refractivity contribution is 0.0756. The first kappa shape index (κ1) is 27.2. The van der Waals surface area contributed by atoms with Crippen molar-refractivity contribution in [1.82, 2.24) is 24.3 Å². The molecule has 2 atom stereocenters. The third-order valence-corrected chi connectivity index (χ3v) is 11.8. The first-order valence-corrected chi connectivity index (χ1v) is 21.8. The molecule has 2 aliphatic carbocycles. The minimum absolute atomic E-state index is 0.410. The summed E-state index contributed by atoms with van der Waals surface area (Å²) in [6, 6.07) is 4.33. The molecule has 0 unspecified atom stereocenters. The summed E-state index contributed by atoms with van der Waals surface area (Å²) in [5, 5.41) is 5.16. The van der Waals surface area contributed by atoms with E-state index in [4.69, 9.17) is 24.5 Å². The number of pyridine rings is 1. The summed E-state index contributed by atoms with van der Waals surface area (Å²) in [6.07, 6.45) is 5.26. The molecule has 7 nitrogen and oxygen atoms in total. The number of fused-ring (bicyclic) bond motifs is 3. The molecule has 1 saturated carbocycles. The van der Waals surface area contributed by atoms with Crippen LogP contribution in [0.1, 0.15) is 24.6 Å². The highest BCUT2D eigenvalue weighted by Crippen LogP contribution is 2.60. The Morgan fingerprint density at radius 2 is 1.73 bits per heavy atom. The molecule has 0 aliphatic heterocycles. The van der Waals surface area contributed by atoms with Gasteiger partial charge in [-0.15, -0.1) is 0 Å². The number of hydrogen-bond acceptors (Lipinski definition) is 5. The Hall–Kier alpha value is -1.34. The van der Waals surface area contributed by atoms with Crippen molar-refractivity contribution in [2.75, 3.05) is 13.2 Å². The summed E-state index contributed by atoms with van der Waals surface area (Å²) >= 11 is 3.57. The SMILES string of the molecule is C[C@@]12Cc3c(c(-c4nc5cc(Br)cnc5n4COCC[Si](C)(C)C)nn3COCC[Si](C)(C)C)C[C@@H]1C2. The van der Waals surface area contributed by atoms with E-state index in [1.807, 2.05) is 12.3 Å². The molecule has 0 bridgehead atoms. The number of hydrogen-bond donors (Lipinski definition) is 0. The van der Waals surface area contributed by atoms with Crippen LogP contribution in [0.3, 0.4) is 0 Å². The quantitative estimate of drug-likeness (QED) is 0.178. The van der Waals surface area contributed by atoms with E-state index in [1.165, 1.54) is 17.7 Å². The molecular weight excluding hydrogens is 562 g/mol. The number of imidazole rings is 1. The summed E-state index contributed by atoms with van der Waals surface area (Å²) < 4.78 is 17.5. The molecule has 5 rings (SSSR count). The smallest absolute Gasteiger partial charge is 0.165 e. The van der Waals surface area contributed by atoms with Gasteiger partial charge < -0.3 is 9.47 Å². The fourth-order valence-corrected chi connectivity index (χ4v) is 7.09. The zero-order valence-electron chi connectivity index (χ0n) is 23.5. The maximum absolute atomic E-state index is 6.21. The Morgan fingerprint density at radius 3 is 2.41 bits per heavy atom. The predicted octanol–water partition coefficient (Wildman–Crippen LogP) is 6.81. The highest BCUT2D eigenvalue weighted by atomic mass is 79.9. The second-order valence-electron chi connectivity index (χ2n) is 13.8. The summed E-state index contributed by atoms with van der Waals surface area (Å²) in [7, 11) is -2.31. The van der Waals surface area contributed by atoms with Crippen LogP contribution in [0.5, 0.6) is 0 Å². The number of halogens is 1. The van der Waals surface area contributed by atoms with Crippen molar-refractivity contribution in [3.05, 3.63) is 28.0 Å². The molecule has 37 heavy (non-hydrogen) atoms. The van der Waals surface area contributed by atoms with Crippen LogP contribution in [-0.4, -0.2) is 53.7 Å². The molecule has 0 radical (unpaired) electrons. The highest BCUT2D eigenvalue weighted by Gasteiger charge is 2.54. The first-order chi connectivity index (χ1) is 17.3. The van der Waals surface area contributed by atoms with Gasteiger partial charge in [0.2, 0.25) is 0 Å². The zero-order valence-corrected chi connectivity index (χ0v) is 27.1. The van der Waals surface area contributed by atoms with Crippen molar-refractivity contribution >= 4 is 43.2 Å². The Kier molecular flexibility index (Phi) is 7.36. The number of aromatic nitrogens is 5. The van der Waals surface area contributed by atoms with Crippen LogP contribution < -0.4 is 0 Å². The standard InChI is InChI=1S/C27H42BrN5O2Si2/c1-27-14-19(27)12-21-23(15-27)33(18-35-9-11-37(5,6)7)31-24(21)26-30-22-13-20(28)16-29-25(22)32(26)17-34-8-10-36(2,3)4/h13,16,19H,8-12,14-15,17-18H2,1-7H3/t19-,27-/m1/s1. The molecule has 2 aliphatic rings. The van der Waals surface area contributed by atoms with Crippen molar-refractivity contribution in [3.8, 4) is 11.5 Å². The number of rotatable bonds is 11. The van der Waals surface area contributed by atoms with Crippen LogP contribution in [0, 0.1) is 11.3 Å². The second-order valence-corrected chi connectivity index (χ2v) is 25.9. The molecule has 10 heteroatoms. The summed E-state index contributed by atoms with van der Waals surface area (Å²) in [5.74, 6) is 1.59. The van der Waals surface area contributed by atoms with Gasteiger partial charge in [0, 0.05) is 51.3 Å². The van der Waals surface area contributed by atoms with Crippen LogP contribution >= 0.6 is 15.9 Å². The predicted molar refractivity (Wildman–Crippen MR) is 158 cm³/mol. The molecule has 0 aromatic carbocycles. The Bertz CT molecular complexity index is 1290. The lowest BCUT2D eigenvalue weighted by Gasteiger charge is -2.20. The molecule has 3 heterocycles. The number of ether oxygens (including phenoxy) is 2. The van der Waals surface area contributed by atoms with Crippen molar-refractivity contribution in [3.63, 3.8) is 0 Å². The molecule has 0 amide bonds. The molecule has 3 aromatic heterocycles. The van der Waals surface area contributed by atoms with Gasteiger partial charge in [-0.3, -0.25) is 4.57 Å². The van der Waals surface area contributed by atoms with E-state index in [2.05, 4.69) is 71.4 Å². The van der Waals surface area contributed by atoms with Gasteiger partial charge in [-0.2, -0.15) is 5.10 Å². The fraction of sp³-hybridized carbons (Fsp3) is 0.667. The average molecular weight is 605 g/mol. The van der Waals surface area contributed by atoms with Crippen molar-refractivity contribution in [2.45, 2.75) is 91.0 Å². The topological polar surface area (TPSA) is 67.0 Å². The fourth-order valence-electron chi connectivity index (χ4n) is 5.25. The van der Waals surface area contributed by atoms with E-state index < -0.39 is 16.1 Å². The first-order valence-electron chi connectivity index (χ1n) is 13.6. The Balaban J connectivity index is 1.48. The third kappa shape index (κ3) is 6.13. The highest BCUT2D eigenvalue weighted by molar-refractivity contribution is 9.10. The van der Waals surface area contributed by atoms with Crippen molar-refractivity contribution < 1.29 is 9.47 Å². The largest absolute Gasteiger partial charge is 0.361 e. The van der Waals surface area contributed by atoms with Gasteiger partial charge in [-0.25, -0.2) is 14.6 Å². The molecule has 3 aromatic rings. The monoisotopic (exact) mass is 603 g/mol. The van der Waals surface area contributed by atoms with Gasteiger partial charge in [0.15, 0.2) is 11.5 Å². The van der Waals surface area contributed by atoms with Gasteiger partial charge in [0.1, 0.15) is 24.7 Å². The van der Waals surface area contributed by atoms with Gasteiger partial charge in [-0.05, 0) is 64.7 Å². The molecule has 1 fully saturated rings. The van der Waals surface area contributed by atoms with E-state index in [0.717, 1.165) is 71.2 Å². The molecule has 0 spiro atoms. The second kappa shape index (κ2) is 10.0. The maximum atomic E-state index is 6.21. The molecule has 0 saturated heterocycles. The molecule has 202 valence electrons. The van der Waals surface area contributed by atoms with Gasteiger partial charge in [0.25, 0.3) is 0 Å². The lowest BCUT2D eigenvalue weighted by Crippen LogP contribution is -2.23. The molecular formula is C27H42BrN5O2Si2.